The van der Waals surface area contributed by atoms with E-state index in [1.54, 1.807) is 18.2 Å². The first-order chi connectivity index (χ1) is 13.8. The number of allylic oxidation sites excluding steroid dienone is 1. The first-order valence-corrected chi connectivity index (χ1v) is 10.5. The number of carbonyl (C=O) groups excluding carboxylic acids is 1. The van der Waals surface area contributed by atoms with E-state index in [-0.39, 0.29) is 17.8 Å². The van der Waals surface area contributed by atoms with Gasteiger partial charge in [0.25, 0.3) is 0 Å². The van der Waals surface area contributed by atoms with E-state index in [2.05, 4.69) is 5.32 Å². The molecule has 2 aromatic carbocycles. The number of halogens is 5. The standard InChI is InChI=1S/C20H20F5NO3S/c1-3-4-13-29-18-11-5-15(14-19(18)28-2)6-12-20(27)26-16-7-9-17(10-8-16)30(21,22,23,24)25/h3-12,14H,13H2,1-2H3,(H,26,27)/b4-3+,12-6+. The Labute approximate surface area is 170 Å². The lowest BCUT2D eigenvalue weighted by atomic mass is 10.2. The molecule has 30 heavy (non-hydrogen) atoms. The van der Waals surface area contributed by atoms with Crippen molar-refractivity contribution in [2.75, 3.05) is 19.0 Å². The highest BCUT2D eigenvalue weighted by Gasteiger charge is 2.65. The Kier molecular flexibility index (Phi) is 6.22. The number of benzene rings is 2. The fraction of sp³-hybridized carbons (Fsp3) is 0.150. The van der Waals surface area contributed by atoms with Crippen LogP contribution in [0.25, 0.3) is 6.08 Å². The molecule has 1 N–H and O–H groups in total. The van der Waals surface area contributed by atoms with Crippen molar-refractivity contribution in [2.45, 2.75) is 11.8 Å². The van der Waals surface area contributed by atoms with Crippen LogP contribution in [0.4, 0.5) is 25.1 Å². The van der Waals surface area contributed by atoms with E-state index in [1.165, 1.54) is 13.2 Å². The molecule has 0 aliphatic carbocycles. The van der Waals surface area contributed by atoms with Gasteiger partial charge in [-0.25, -0.2) is 0 Å². The molecule has 2 aromatic rings. The lowest BCUT2D eigenvalue weighted by Gasteiger charge is -2.40. The Bertz CT molecular complexity index is 971. The molecule has 1 amide bonds. The summed E-state index contributed by atoms with van der Waals surface area (Å²) >= 11 is 0. The number of ether oxygens (including phenoxy) is 2. The van der Waals surface area contributed by atoms with Crippen LogP contribution < -0.4 is 14.8 Å². The quantitative estimate of drug-likeness (QED) is 0.269. The summed E-state index contributed by atoms with van der Waals surface area (Å²) in [6.07, 6.45) is 6.26. The minimum Gasteiger partial charge on any atom is -0.493 e. The second-order valence-corrected chi connectivity index (χ2v) is 8.52. The molecule has 0 aromatic heterocycles. The third-order valence-corrected chi connectivity index (χ3v) is 4.92. The topological polar surface area (TPSA) is 47.6 Å². The molecule has 0 aliphatic rings. The lowest BCUT2D eigenvalue weighted by molar-refractivity contribution is -0.111. The van der Waals surface area contributed by atoms with Crippen LogP contribution in [0.1, 0.15) is 12.5 Å². The number of carbonyl (C=O) groups is 1. The Morgan fingerprint density at radius 3 is 2.27 bits per heavy atom. The second kappa shape index (κ2) is 8.02. The predicted molar refractivity (Wildman–Crippen MR) is 109 cm³/mol. The Balaban J connectivity index is 2.06. The summed E-state index contributed by atoms with van der Waals surface area (Å²) in [5.74, 6) is 0.317. The maximum Gasteiger partial charge on any atom is 0.310 e. The highest BCUT2D eigenvalue weighted by molar-refractivity contribution is 8.45. The summed E-state index contributed by atoms with van der Waals surface area (Å²) in [5, 5.41) is 2.30. The van der Waals surface area contributed by atoms with Gasteiger partial charge in [0.2, 0.25) is 5.91 Å². The van der Waals surface area contributed by atoms with E-state index in [1.807, 2.05) is 19.1 Å². The second-order valence-electron chi connectivity index (χ2n) is 6.11. The minimum atomic E-state index is -9.74. The summed E-state index contributed by atoms with van der Waals surface area (Å²) in [7, 11) is -8.27. The van der Waals surface area contributed by atoms with Crippen LogP contribution >= 0.6 is 10.2 Å². The summed E-state index contributed by atoms with van der Waals surface area (Å²) in [5.41, 5.74) is 0.553. The third-order valence-electron chi connectivity index (χ3n) is 3.75. The van der Waals surface area contributed by atoms with Crippen LogP contribution in [0.2, 0.25) is 0 Å². The Hall–Kier alpha value is -3.01. The fourth-order valence-electron chi connectivity index (χ4n) is 2.29. The number of amides is 1. The van der Waals surface area contributed by atoms with Crippen molar-refractivity contribution < 1.29 is 33.7 Å². The van der Waals surface area contributed by atoms with Crippen LogP contribution in [-0.2, 0) is 4.79 Å². The van der Waals surface area contributed by atoms with Gasteiger partial charge in [-0.2, -0.15) is 0 Å². The number of anilines is 1. The SMILES string of the molecule is C/C=C/COc1ccc(/C=C/C(=O)Nc2ccc(S(F)(F)(F)(F)F)cc2)cc1OC. The Morgan fingerprint density at radius 2 is 1.70 bits per heavy atom. The van der Waals surface area contributed by atoms with Gasteiger partial charge in [-0.15, -0.1) is 0 Å². The maximum atomic E-state index is 12.7. The van der Waals surface area contributed by atoms with Crippen LogP contribution in [0.3, 0.4) is 0 Å². The van der Waals surface area contributed by atoms with Gasteiger partial charge in [0.05, 0.1) is 7.11 Å². The van der Waals surface area contributed by atoms with E-state index >= 15 is 0 Å². The van der Waals surface area contributed by atoms with Crippen molar-refractivity contribution >= 4 is 27.9 Å². The monoisotopic (exact) mass is 449 g/mol. The number of nitrogens with one attached hydrogen (secondary N) is 1. The molecule has 0 spiro atoms. The zero-order valence-corrected chi connectivity index (χ0v) is 16.9. The molecule has 0 unspecified atom stereocenters. The molecule has 164 valence electrons. The molecule has 2 rings (SSSR count). The number of methoxy groups -OCH3 is 1. The van der Waals surface area contributed by atoms with Crippen molar-refractivity contribution in [1.82, 2.24) is 0 Å². The van der Waals surface area contributed by atoms with E-state index in [9.17, 15) is 24.2 Å². The molecule has 0 atom stereocenters. The van der Waals surface area contributed by atoms with Gasteiger partial charge in [0.1, 0.15) is 11.5 Å². The summed E-state index contributed by atoms with van der Waals surface area (Å²) in [6, 6.07) is 6.98. The van der Waals surface area contributed by atoms with Gasteiger partial charge in [-0.3, -0.25) is 4.79 Å². The van der Waals surface area contributed by atoms with Crippen LogP contribution in [0.15, 0.2) is 65.6 Å². The van der Waals surface area contributed by atoms with Crippen molar-refractivity contribution in [1.29, 1.82) is 0 Å². The first kappa shape index (κ1) is 23.3. The normalized spacial score (nSPS) is 14.4. The van der Waals surface area contributed by atoms with Crippen LogP contribution in [-0.4, -0.2) is 19.6 Å². The van der Waals surface area contributed by atoms with Gasteiger partial charge in [-0.05, 0) is 55.0 Å². The molecule has 0 saturated heterocycles. The molecular weight excluding hydrogens is 429 g/mol. The van der Waals surface area contributed by atoms with E-state index < -0.39 is 21.0 Å². The average molecular weight is 449 g/mol. The first-order valence-electron chi connectivity index (χ1n) is 8.57. The fourth-order valence-corrected chi connectivity index (χ4v) is 2.94. The molecule has 10 heteroatoms. The van der Waals surface area contributed by atoms with Gasteiger partial charge in [0, 0.05) is 11.8 Å². The molecule has 4 nitrogen and oxygen atoms in total. The van der Waals surface area contributed by atoms with Gasteiger partial charge >= 0.3 is 10.2 Å². The number of rotatable bonds is 8. The van der Waals surface area contributed by atoms with E-state index in [0.29, 0.717) is 23.7 Å². The van der Waals surface area contributed by atoms with Crippen LogP contribution in [0.5, 0.6) is 11.5 Å². The lowest BCUT2D eigenvalue weighted by Crippen LogP contribution is -2.09. The van der Waals surface area contributed by atoms with Gasteiger partial charge in [0.15, 0.2) is 11.5 Å². The zero-order valence-electron chi connectivity index (χ0n) is 16.1. The Morgan fingerprint density at radius 1 is 1.03 bits per heavy atom. The van der Waals surface area contributed by atoms with Crippen LogP contribution in [0, 0.1) is 0 Å². The van der Waals surface area contributed by atoms with Crippen molar-refractivity contribution in [2.24, 2.45) is 0 Å². The molecule has 0 saturated carbocycles. The molecular formula is C20H20F5NO3S. The zero-order chi connectivity index (χ0) is 22.5. The summed E-state index contributed by atoms with van der Waals surface area (Å²) < 4.78 is 74.3. The number of hydrogen-bond acceptors (Lipinski definition) is 3. The summed E-state index contributed by atoms with van der Waals surface area (Å²) in [6.45, 7) is 2.23. The highest BCUT2D eigenvalue weighted by atomic mass is 32.5. The molecule has 0 aliphatic heterocycles. The van der Waals surface area contributed by atoms with Crippen molar-refractivity contribution in [3.05, 3.63) is 66.3 Å². The van der Waals surface area contributed by atoms with E-state index in [4.69, 9.17) is 9.47 Å². The highest BCUT2D eigenvalue weighted by Crippen LogP contribution is 3.02. The summed E-state index contributed by atoms with van der Waals surface area (Å²) in [4.78, 5) is 9.94. The molecule has 0 bridgehead atoms. The number of hydrogen-bond donors (Lipinski definition) is 1. The smallest absolute Gasteiger partial charge is 0.310 e. The largest absolute Gasteiger partial charge is 0.493 e. The van der Waals surface area contributed by atoms with Gasteiger partial charge in [-0.1, -0.05) is 37.6 Å². The molecule has 0 radical (unpaired) electrons. The van der Waals surface area contributed by atoms with Crippen molar-refractivity contribution in [3.63, 3.8) is 0 Å². The van der Waals surface area contributed by atoms with Crippen molar-refractivity contribution in [3.8, 4) is 11.5 Å². The molecule has 0 heterocycles. The molecule has 0 fully saturated rings. The maximum absolute atomic E-state index is 12.7. The third kappa shape index (κ3) is 6.80. The van der Waals surface area contributed by atoms with E-state index in [0.717, 1.165) is 18.2 Å². The van der Waals surface area contributed by atoms with Gasteiger partial charge < -0.3 is 14.8 Å². The predicted octanol–water partition coefficient (Wildman–Crippen LogP) is 6.96. The minimum absolute atomic E-state index is 0.0550. The average Bonchev–Trinajstić information content (AvgIpc) is 2.65.